The fraction of sp³-hybridized carbons (Fsp3) is 1.00. The van der Waals surface area contributed by atoms with Crippen LogP contribution in [-0.4, -0.2) is 18.2 Å². The highest BCUT2D eigenvalue weighted by Gasteiger charge is 2.13. The fourth-order valence-corrected chi connectivity index (χ4v) is 0.571. The first-order valence-corrected chi connectivity index (χ1v) is 3.89. The maximum Gasteiger partial charge on any atom is 0.0911 e. The first-order valence-electron chi connectivity index (χ1n) is 3.89. The molecule has 62 valence electrons. The zero-order valence-electron chi connectivity index (χ0n) is 7.61. The first kappa shape index (κ1) is 9.92. The van der Waals surface area contributed by atoms with Gasteiger partial charge in [-0.25, -0.2) is 0 Å². The normalized spacial score (nSPS) is 12.6. The second-order valence-electron chi connectivity index (χ2n) is 3.83. The molecular weight excluding hydrogens is 126 g/mol. The van der Waals surface area contributed by atoms with Crippen LogP contribution in [0.3, 0.4) is 0 Å². The number of hydrogen-bond donors (Lipinski definition) is 1. The van der Waals surface area contributed by atoms with Crippen LogP contribution in [-0.2, 0) is 4.74 Å². The Hall–Kier alpha value is -0.0800. The minimum atomic E-state index is 0.162. The average molecular weight is 146 g/mol. The summed E-state index contributed by atoms with van der Waals surface area (Å²) in [6.07, 6.45) is 1.38. The first-order chi connectivity index (χ1) is 4.42. The Labute approximate surface area is 63.7 Å². The lowest BCUT2D eigenvalue weighted by atomic mass is 10.0. The van der Waals surface area contributed by atoms with Gasteiger partial charge in [0.05, 0.1) is 18.2 Å². The van der Waals surface area contributed by atoms with Crippen molar-refractivity contribution >= 4 is 0 Å². The van der Waals surface area contributed by atoms with E-state index in [1.165, 1.54) is 0 Å². The summed E-state index contributed by atoms with van der Waals surface area (Å²) in [5.74, 6) is 0. The molecule has 0 atom stereocenters. The van der Waals surface area contributed by atoms with Gasteiger partial charge in [-0.3, -0.25) is 0 Å². The molecule has 3 N–H and O–H groups in total. The zero-order valence-corrected chi connectivity index (χ0v) is 7.61. The Kier molecular flexibility index (Phi) is 3.91. The predicted molar refractivity (Wildman–Crippen MR) is 42.7 cm³/mol. The largest absolute Gasteiger partial charge is 0.379 e. The Balaban J connectivity index is 3.21. The van der Waals surface area contributed by atoms with Crippen molar-refractivity contribution in [2.24, 2.45) is 0 Å². The third kappa shape index (κ3) is 7.92. The number of quaternary nitrogens is 1. The van der Waals surface area contributed by atoms with Gasteiger partial charge < -0.3 is 10.5 Å². The lowest BCUT2D eigenvalue weighted by Gasteiger charge is -2.15. The van der Waals surface area contributed by atoms with Gasteiger partial charge in [0.1, 0.15) is 0 Å². The Morgan fingerprint density at radius 3 is 2.20 bits per heavy atom. The number of rotatable bonds is 4. The van der Waals surface area contributed by atoms with Gasteiger partial charge in [0.15, 0.2) is 0 Å². The molecule has 0 saturated heterocycles. The minimum Gasteiger partial charge on any atom is -0.379 e. The topological polar surface area (TPSA) is 36.9 Å². The van der Waals surface area contributed by atoms with Crippen LogP contribution >= 0.6 is 0 Å². The molecule has 2 heteroatoms. The highest BCUT2D eigenvalue weighted by molar-refractivity contribution is 4.61. The molecule has 2 nitrogen and oxygen atoms in total. The van der Waals surface area contributed by atoms with E-state index < -0.39 is 0 Å². The van der Waals surface area contributed by atoms with E-state index >= 15 is 0 Å². The molecule has 0 radical (unpaired) electrons. The molecule has 0 amide bonds. The number of hydrogen-bond acceptors (Lipinski definition) is 1. The molecule has 0 aliphatic rings. The Bertz CT molecular complexity index is 83.7. The molecule has 0 aliphatic heterocycles. The highest BCUT2D eigenvalue weighted by Crippen LogP contribution is 2.01. The smallest absolute Gasteiger partial charge is 0.0911 e. The van der Waals surface area contributed by atoms with E-state index in [0.717, 1.165) is 13.0 Å². The third-order valence-corrected chi connectivity index (χ3v) is 1.23. The average Bonchev–Trinajstić information content (AvgIpc) is 1.59. The van der Waals surface area contributed by atoms with Crippen molar-refractivity contribution in [2.45, 2.75) is 45.8 Å². The Morgan fingerprint density at radius 1 is 1.40 bits per heavy atom. The van der Waals surface area contributed by atoms with Crippen LogP contribution in [0.5, 0.6) is 0 Å². The monoisotopic (exact) mass is 146 g/mol. The van der Waals surface area contributed by atoms with Gasteiger partial charge in [0, 0.05) is 6.42 Å². The van der Waals surface area contributed by atoms with Crippen LogP contribution < -0.4 is 5.73 Å². The summed E-state index contributed by atoms with van der Waals surface area (Å²) < 4.78 is 5.38. The van der Waals surface area contributed by atoms with Gasteiger partial charge >= 0.3 is 0 Å². The van der Waals surface area contributed by atoms with Gasteiger partial charge in [-0.1, -0.05) is 0 Å². The van der Waals surface area contributed by atoms with Gasteiger partial charge in [0.2, 0.25) is 0 Å². The maximum atomic E-state index is 5.38. The lowest BCUT2D eigenvalue weighted by Crippen LogP contribution is -2.69. The number of ether oxygens (including phenoxy) is 1. The lowest BCUT2D eigenvalue weighted by molar-refractivity contribution is -0.468. The molecule has 0 saturated carbocycles. The van der Waals surface area contributed by atoms with E-state index in [1.807, 2.05) is 0 Å². The van der Waals surface area contributed by atoms with E-state index in [2.05, 4.69) is 33.4 Å². The summed E-state index contributed by atoms with van der Waals surface area (Å²) in [6, 6.07) is 0. The second kappa shape index (κ2) is 3.94. The van der Waals surface area contributed by atoms with Gasteiger partial charge in [-0.05, 0) is 27.7 Å². The molecule has 0 unspecified atom stereocenters. The van der Waals surface area contributed by atoms with Crippen LogP contribution in [0.1, 0.15) is 34.1 Å². The summed E-state index contributed by atoms with van der Waals surface area (Å²) in [5.41, 5.74) is 4.15. The van der Waals surface area contributed by atoms with Crippen molar-refractivity contribution in [1.29, 1.82) is 0 Å². The quantitative estimate of drug-likeness (QED) is 0.626. The predicted octanol–water partition coefficient (Wildman–Crippen LogP) is 0.822. The minimum absolute atomic E-state index is 0.162. The molecule has 0 heterocycles. The van der Waals surface area contributed by atoms with Crippen molar-refractivity contribution in [2.75, 3.05) is 6.61 Å². The second-order valence-corrected chi connectivity index (χ2v) is 3.83. The summed E-state index contributed by atoms with van der Waals surface area (Å²) >= 11 is 0. The summed E-state index contributed by atoms with van der Waals surface area (Å²) in [7, 11) is 0. The van der Waals surface area contributed by atoms with Crippen molar-refractivity contribution in [1.82, 2.24) is 0 Å². The molecule has 0 aromatic heterocycles. The van der Waals surface area contributed by atoms with Crippen LogP contribution in [0.2, 0.25) is 0 Å². The standard InChI is InChI=1S/C8H19NO/c1-7(2)10-6-5-8(3,4)9/h7H,5-6,9H2,1-4H3/p+1. The van der Waals surface area contributed by atoms with Crippen molar-refractivity contribution in [3.8, 4) is 0 Å². The Morgan fingerprint density at radius 2 is 1.90 bits per heavy atom. The van der Waals surface area contributed by atoms with Crippen LogP contribution in [0.15, 0.2) is 0 Å². The van der Waals surface area contributed by atoms with Gasteiger partial charge in [-0.15, -0.1) is 0 Å². The van der Waals surface area contributed by atoms with E-state index in [4.69, 9.17) is 4.74 Å². The highest BCUT2D eigenvalue weighted by atomic mass is 16.5. The zero-order chi connectivity index (χ0) is 8.20. The molecular formula is C8H20NO+. The van der Waals surface area contributed by atoms with E-state index in [0.29, 0.717) is 6.10 Å². The molecule has 0 aliphatic carbocycles. The van der Waals surface area contributed by atoms with Crippen LogP contribution in [0, 0.1) is 0 Å². The third-order valence-electron chi connectivity index (χ3n) is 1.23. The molecule has 0 spiro atoms. The van der Waals surface area contributed by atoms with Crippen molar-refractivity contribution < 1.29 is 10.5 Å². The summed E-state index contributed by atoms with van der Waals surface area (Å²) in [5, 5.41) is 0. The van der Waals surface area contributed by atoms with Crippen LogP contribution in [0.4, 0.5) is 0 Å². The fourth-order valence-electron chi connectivity index (χ4n) is 0.571. The SMILES string of the molecule is CC(C)OCCC(C)(C)[NH3+]. The van der Waals surface area contributed by atoms with Crippen molar-refractivity contribution in [3.63, 3.8) is 0 Å². The van der Waals surface area contributed by atoms with Gasteiger partial charge in [-0.2, -0.15) is 0 Å². The van der Waals surface area contributed by atoms with E-state index in [-0.39, 0.29) is 5.54 Å². The summed E-state index contributed by atoms with van der Waals surface area (Å²) in [4.78, 5) is 0. The molecule has 0 rings (SSSR count). The summed E-state index contributed by atoms with van der Waals surface area (Å²) in [6.45, 7) is 9.17. The molecule has 0 bridgehead atoms. The molecule has 0 fully saturated rings. The molecule has 0 aromatic rings. The maximum absolute atomic E-state index is 5.38. The van der Waals surface area contributed by atoms with E-state index in [1.54, 1.807) is 0 Å². The van der Waals surface area contributed by atoms with Crippen LogP contribution in [0.25, 0.3) is 0 Å². The van der Waals surface area contributed by atoms with Crippen molar-refractivity contribution in [3.05, 3.63) is 0 Å². The van der Waals surface area contributed by atoms with E-state index in [9.17, 15) is 0 Å². The molecule has 0 aromatic carbocycles. The molecule has 10 heavy (non-hydrogen) atoms. The van der Waals surface area contributed by atoms with Gasteiger partial charge in [0.25, 0.3) is 0 Å².